The SMILES string of the molecule is CCNC(=O)Cn1cc(Br)c2sccc2c1=O. The number of likely N-dealkylation sites (N-methyl/N-ethyl adjacent to an activating group) is 1. The van der Waals surface area contributed by atoms with E-state index in [1.807, 2.05) is 12.3 Å². The van der Waals surface area contributed by atoms with E-state index >= 15 is 0 Å². The van der Waals surface area contributed by atoms with E-state index in [1.165, 1.54) is 15.9 Å². The number of nitrogens with zero attached hydrogens (tertiary/aromatic N) is 1. The normalized spacial score (nSPS) is 10.7. The van der Waals surface area contributed by atoms with Gasteiger partial charge in [0.15, 0.2) is 0 Å². The van der Waals surface area contributed by atoms with Crippen LogP contribution < -0.4 is 10.9 Å². The molecule has 0 bridgehead atoms. The lowest BCUT2D eigenvalue weighted by atomic mass is 10.3. The van der Waals surface area contributed by atoms with Crippen LogP contribution in [0.15, 0.2) is 26.9 Å². The van der Waals surface area contributed by atoms with Crippen molar-refractivity contribution in [2.75, 3.05) is 6.54 Å². The molecule has 1 amide bonds. The van der Waals surface area contributed by atoms with Crippen LogP contribution in [0.25, 0.3) is 10.1 Å². The average molecular weight is 315 g/mol. The number of pyridine rings is 1. The topological polar surface area (TPSA) is 51.1 Å². The third-order valence-corrected chi connectivity index (χ3v) is 4.14. The van der Waals surface area contributed by atoms with Gasteiger partial charge in [0.25, 0.3) is 5.56 Å². The van der Waals surface area contributed by atoms with Crippen molar-refractivity contribution in [2.45, 2.75) is 13.5 Å². The molecule has 2 aromatic heterocycles. The lowest BCUT2D eigenvalue weighted by Gasteiger charge is -2.07. The van der Waals surface area contributed by atoms with Crippen molar-refractivity contribution in [1.82, 2.24) is 9.88 Å². The molecular formula is C11H11BrN2O2S. The van der Waals surface area contributed by atoms with E-state index < -0.39 is 0 Å². The van der Waals surface area contributed by atoms with E-state index in [1.54, 1.807) is 12.3 Å². The van der Waals surface area contributed by atoms with Crippen LogP contribution in [0.3, 0.4) is 0 Å². The Kier molecular flexibility index (Phi) is 3.63. The maximum absolute atomic E-state index is 12.1. The summed E-state index contributed by atoms with van der Waals surface area (Å²) in [6.07, 6.45) is 1.66. The Morgan fingerprint density at radius 3 is 3.06 bits per heavy atom. The van der Waals surface area contributed by atoms with Crippen LogP contribution in [0.5, 0.6) is 0 Å². The Balaban J connectivity index is 2.44. The third-order valence-electron chi connectivity index (χ3n) is 2.33. The zero-order valence-electron chi connectivity index (χ0n) is 9.20. The summed E-state index contributed by atoms with van der Waals surface area (Å²) in [4.78, 5) is 23.5. The first-order valence-corrected chi connectivity index (χ1v) is 6.83. The van der Waals surface area contributed by atoms with Gasteiger partial charge >= 0.3 is 0 Å². The summed E-state index contributed by atoms with van der Waals surface area (Å²) in [7, 11) is 0. The highest BCUT2D eigenvalue weighted by molar-refractivity contribution is 9.10. The Hall–Kier alpha value is -1.14. The molecule has 6 heteroatoms. The first-order valence-electron chi connectivity index (χ1n) is 5.16. The molecule has 0 aliphatic heterocycles. The molecule has 0 saturated carbocycles. The number of nitrogens with one attached hydrogen (secondary N) is 1. The fourth-order valence-corrected chi connectivity index (χ4v) is 3.13. The number of halogens is 1. The Labute approximate surface area is 110 Å². The standard InChI is InChI=1S/C11H11BrN2O2S/c1-2-13-9(15)6-14-5-8(12)10-7(11(14)16)3-4-17-10/h3-5H,2,6H2,1H3,(H,13,15). The zero-order chi connectivity index (χ0) is 12.4. The molecule has 17 heavy (non-hydrogen) atoms. The van der Waals surface area contributed by atoms with Gasteiger partial charge in [-0.2, -0.15) is 0 Å². The molecule has 1 N–H and O–H groups in total. The Bertz CT molecular complexity index is 617. The van der Waals surface area contributed by atoms with Gasteiger partial charge in [0.05, 0.1) is 14.6 Å². The van der Waals surface area contributed by atoms with Gasteiger partial charge in [-0.3, -0.25) is 9.59 Å². The van der Waals surface area contributed by atoms with Crippen LogP contribution in [0.1, 0.15) is 6.92 Å². The molecular weight excluding hydrogens is 304 g/mol. The number of thiophene rings is 1. The van der Waals surface area contributed by atoms with Crippen LogP contribution in [0.2, 0.25) is 0 Å². The first kappa shape index (κ1) is 12.3. The van der Waals surface area contributed by atoms with Crippen LogP contribution >= 0.6 is 27.3 Å². The van der Waals surface area contributed by atoms with E-state index in [4.69, 9.17) is 0 Å². The number of rotatable bonds is 3. The highest BCUT2D eigenvalue weighted by Gasteiger charge is 2.10. The van der Waals surface area contributed by atoms with E-state index in [9.17, 15) is 9.59 Å². The van der Waals surface area contributed by atoms with Crippen LogP contribution in [-0.2, 0) is 11.3 Å². The van der Waals surface area contributed by atoms with Gasteiger partial charge in [-0.15, -0.1) is 11.3 Å². The largest absolute Gasteiger partial charge is 0.355 e. The summed E-state index contributed by atoms with van der Waals surface area (Å²) < 4.78 is 3.18. The minimum absolute atomic E-state index is 0.0526. The number of carbonyl (C=O) groups excluding carboxylic acids is 1. The number of fused-ring (bicyclic) bond motifs is 1. The molecule has 0 atom stereocenters. The van der Waals surface area contributed by atoms with Crippen LogP contribution in [-0.4, -0.2) is 17.0 Å². The summed E-state index contributed by atoms with van der Waals surface area (Å²) in [5.41, 5.74) is -0.129. The van der Waals surface area contributed by atoms with Gasteiger partial charge in [-0.25, -0.2) is 0 Å². The summed E-state index contributed by atoms with van der Waals surface area (Å²) >= 11 is 4.91. The molecule has 4 nitrogen and oxygen atoms in total. The molecule has 90 valence electrons. The lowest BCUT2D eigenvalue weighted by molar-refractivity contribution is -0.121. The molecule has 2 rings (SSSR count). The Morgan fingerprint density at radius 2 is 2.35 bits per heavy atom. The monoisotopic (exact) mass is 314 g/mol. The number of hydrogen-bond acceptors (Lipinski definition) is 3. The predicted molar refractivity (Wildman–Crippen MR) is 72.5 cm³/mol. The molecule has 0 radical (unpaired) electrons. The molecule has 0 fully saturated rings. The fourth-order valence-electron chi connectivity index (χ4n) is 1.60. The van der Waals surface area contributed by atoms with E-state index in [0.29, 0.717) is 11.9 Å². The van der Waals surface area contributed by atoms with Crippen molar-refractivity contribution in [1.29, 1.82) is 0 Å². The second-order valence-electron chi connectivity index (χ2n) is 3.53. The van der Waals surface area contributed by atoms with Crippen LogP contribution in [0, 0.1) is 0 Å². The van der Waals surface area contributed by atoms with Crippen molar-refractivity contribution in [3.05, 3.63) is 32.5 Å². The van der Waals surface area contributed by atoms with Gasteiger partial charge in [0.2, 0.25) is 5.91 Å². The number of hydrogen-bond donors (Lipinski definition) is 1. The van der Waals surface area contributed by atoms with Crippen molar-refractivity contribution in [3.63, 3.8) is 0 Å². The van der Waals surface area contributed by atoms with Gasteiger partial charge in [0.1, 0.15) is 6.54 Å². The second kappa shape index (κ2) is 5.01. The molecule has 0 aliphatic rings. The number of aromatic nitrogens is 1. The van der Waals surface area contributed by atoms with Crippen molar-refractivity contribution < 1.29 is 4.79 Å². The summed E-state index contributed by atoms with van der Waals surface area (Å²) in [5, 5.41) is 5.19. The fraction of sp³-hybridized carbons (Fsp3) is 0.273. The maximum Gasteiger partial charge on any atom is 0.259 e. The summed E-state index contributed by atoms with van der Waals surface area (Å²) in [6, 6.07) is 1.78. The molecule has 0 unspecified atom stereocenters. The molecule has 2 aromatic rings. The predicted octanol–water partition coefficient (Wildman–Crippen LogP) is 1.96. The lowest BCUT2D eigenvalue weighted by Crippen LogP contribution is -2.31. The highest BCUT2D eigenvalue weighted by atomic mass is 79.9. The zero-order valence-corrected chi connectivity index (χ0v) is 11.6. The molecule has 0 spiro atoms. The Morgan fingerprint density at radius 1 is 1.59 bits per heavy atom. The van der Waals surface area contributed by atoms with Crippen molar-refractivity contribution >= 4 is 43.3 Å². The minimum atomic E-state index is -0.156. The van der Waals surface area contributed by atoms with E-state index in [0.717, 1.165) is 9.17 Å². The quantitative estimate of drug-likeness (QED) is 0.941. The first-order chi connectivity index (χ1) is 8.13. The molecule has 0 aliphatic carbocycles. The van der Waals surface area contributed by atoms with Crippen LogP contribution in [0.4, 0.5) is 0 Å². The molecule has 0 saturated heterocycles. The summed E-state index contributed by atoms with van der Waals surface area (Å²) in [6.45, 7) is 2.46. The molecule has 2 heterocycles. The number of amides is 1. The molecule has 0 aromatic carbocycles. The van der Waals surface area contributed by atoms with Crippen molar-refractivity contribution in [2.24, 2.45) is 0 Å². The maximum atomic E-state index is 12.1. The van der Waals surface area contributed by atoms with E-state index in [2.05, 4.69) is 21.2 Å². The highest BCUT2D eigenvalue weighted by Crippen LogP contribution is 2.25. The average Bonchev–Trinajstić information content (AvgIpc) is 2.75. The second-order valence-corrected chi connectivity index (χ2v) is 5.30. The number of carbonyl (C=O) groups is 1. The van der Waals surface area contributed by atoms with E-state index in [-0.39, 0.29) is 18.0 Å². The van der Waals surface area contributed by atoms with Gasteiger partial charge in [-0.1, -0.05) is 0 Å². The summed E-state index contributed by atoms with van der Waals surface area (Å²) in [5.74, 6) is -0.156. The minimum Gasteiger partial charge on any atom is -0.355 e. The van der Waals surface area contributed by atoms with Gasteiger partial charge in [0, 0.05) is 12.7 Å². The van der Waals surface area contributed by atoms with Gasteiger partial charge in [-0.05, 0) is 34.3 Å². The van der Waals surface area contributed by atoms with Crippen molar-refractivity contribution in [3.8, 4) is 0 Å². The van der Waals surface area contributed by atoms with Gasteiger partial charge < -0.3 is 9.88 Å². The third kappa shape index (κ3) is 2.42. The smallest absolute Gasteiger partial charge is 0.259 e.